The molecule has 6 nitrogen and oxygen atoms in total. The van der Waals surface area contributed by atoms with Gasteiger partial charge in [-0.05, 0) is 24.4 Å². The highest BCUT2D eigenvalue weighted by Crippen LogP contribution is 2.23. The zero-order valence-electron chi connectivity index (χ0n) is 13.2. The van der Waals surface area contributed by atoms with Crippen LogP contribution in [0.25, 0.3) is 0 Å². The molecule has 0 aromatic carbocycles. The molecule has 2 aromatic rings. The van der Waals surface area contributed by atoms with Crippen molar-refractivity contribution in [2.45, 2.75) is 19.4 Å². The molecule has 1 amide bonds. The van der Waals surface area contributed by atoms with Crippen molar-refractivity contribution in [2.24, 2.45) is 7.05 Å². The number of nitrogens with zero attached hydrogens (tertiary/aromatic N) is 1. The Hall–Kier alpha value is -2.41. The van der Waals surface area contributed by atoms with Crippen LogP contribution in [-0.2, 0) is 16.6 Å². The standard InChI is InChI=1S/C16H18N2O4S/c1-10(19)11-7-13(18(2)9-11)16(21)17-12(8-15(20)22-3)14-5-4-6-23-14/h4-7,9,12H,8H2,1-3H3,(H,17,21)/t12-/m1/s1. The number of amides is 1. The molecule has 0 aliphatic rings. The first kappa shape index (κ1) is 17.0. The van der Waals surface area contributed by atoms with Crippen LogP contribution >= 0.6 is 11.3 Å². The maximum absolute atomic E-state index is 12.5. The zero-order valence-corrected chi connectivity index (χ0v) is 14.0. The molecule has 0 radical (unpaired) electrons. The van der Waals surface area contributed by atoms with E-state index in [2.05, 4.69) is 10.1 Å². The number of hydrogen-bond acceptors (Lipinski definition) is 5. The van der Waals surface area contributed by atoms with Crippen molar-refractivity contribution in [3.8, 4) is 0 Å². The van der Waals surface area contributed by atoms with Crippen molar-refractivity contribution in [3.05, 3.63) is 45.9 Å². The average Bonchev–Trinajstić information content (AvgIpc) is 3.15. The number of ether oxygens (including phenoxy) is 1. The van der Waals surface area contributed by atoms with E-state index in [1.807, 2.05) is 17.5 Å². The third-order valence-electron chi connectivity index (χ3n) is 3.43. The second-order valence-corrected chi connectivity index (χ2v) is 6.08. The van der Waals surface area contributed by atoms with Gasteiger partial charge in [-0.25, -0.2) is 0 Å². The number of Topliss-reactive ketones (excluding diaryl/α,β-unsaturated/α-hetero) is 1. The van der Waals surface area contributed by atoms with Crippen LogP contribution < -0.4 is 5.32 Å². The Morgan fingerprint density at radius 3 is 2.65 bits per heavy atom. The fourth-order valence-corrected chi connectivity index (χ4v) is 2.96. The van der Waals surface area contributed by atoms with E-state index in [1.165, 1.54) is 25.4 Å². The summed E-state index contributed by atoms with van der Waals surface area (Å²) in [5, 5.41) is 4.71. The van der Waals surface area contributed by atoms with Crippen molar-refractivity contribution < 1.29 is 19.1 Å². The fourth-order valence-electron chi connectivity index (χ4n) is 2.18. The summed E-state index contributed by atoms with van der Waals surface area (Å²) in [5.41, 5.74) is 0.833. The lowest BCUT2D eigenvalue weighted by Gasteiger charge is -2.16. The zero-order chi connectivity index (χ0) is 17.0. The summed E-state index contributed by atoms with van der Waals surface area (Å²) in [6.07, 6.45) is 1.66. The number of nitrogens with one attached hydrogen (secondary N) is 1. The third-order valence-corrected chi connectivity index (χ3v) is 4.42. The molecule has 2 heterocycles. The molecule has 2 aromatic heterocycles. The number of hydrogen-bond donors (Lipinski definition) is 1. The van der Waals surface area contributed by atoms with Gasteiger partial charge in [-0.3, -0.25) is 14.4 Å². The van der Waals surface area contributed by atoms with Gasteiger partial charge in [0.2, 0.25) is 0 Å². The van der Waals surface area contributed by atoms with E-state index in [-0.39, 0.29) is 18.1 Å². The maximum Gasteiger partial charge on any atom is 0.307 e. The van der Waals surface area contributed by atoms with Crippen molar-refractivity contribution >= 4 is 29.0 Å². The summed E-state index contributed by atoms with van der Waals surface area (Å²) in [6, 6.07) is 4.78. The van der Waals surface area contributed by atoms with E-state index in [0.29, 0.717) is 11.3 Å². The summed E-state index contributed by atoms with van der Waals surface area (Å²) in [6.45, 7) is 1.45. The van der Waals surface area contributed by atoms with E-state index < -0.39 is 12.0 Å². The third kappa shape index (κ3) is 4.07. The van der Waals surface area contributed by atoms with Crippen LogP contribution in [0.1, 0.15) is 45.1 Å². The largest absolute Gasteiger partial charge is 0.469 e. The molecule has 0 saturated heterocycles. The molecule has 122 valence electrons. The van der Waals surface area contributed by atoms with Gasteiger partial charge in [0.1, 0.15) is 5.69 Å². The predicted molar refractivity (Wildman–Crippen MR) is 86.6 cm³/mol. The molecule has 23 heavy (non-hydrogen) atoms. The highest BCUT2D eigenvalue weighted by atomic mass is 32.1. The topological polar surface area (TPSA) is 77.4 Å². The second kappa shape index (κ2) is 7.23. The minimum atomic E-state index is -0.467. The summed E-state index contributed by atoms with van der Waals surface area (Å²) in [7, 11) is 3.01. The van der Waals surface area contributed by atoms with E-state index in [4.69, 9.17) is 0 Å². The van der Waals surface area contributed by atoms with E-state index >= 15 is 0 Å². The number of methoxy groups -OCH3 is 1. The number of rotatable bonds is 6. The first-order valence-electron chi connectivity index (χ1n) is 7.00. The van der Waals surface area contributed by atoms with Crippen molar-refractivity contribution in [1.29, 1.82) is 0 Å². The van der Waals surface area contributed by atoms with Gasteiger partial charge in [-0.15, -0.1) is 11.3 Å². The van der Waals surface area contributed by atoms with Gasteiger partial charge in [0.25, 0.3) is 5.91 Å². The first-order chi connectivity index (χ1) is 10.9. The molecular weight excluding hydrogens is 316 g/mol. The predicted octanol–water partition coefficient (Wildman–Crippen LogP) is 2.32. The SMILES string of the molecule is COC(=O)C[C@@H](NC(=O)c1cc(C(C)=O)cn1C)c1cccs1. The number of ketones is 1. The Morgan fingerprint density at radius 2 is 2.13 bits per heavy atom. The fraction of sp³-hybridized carbons (Fsp3) is 0.312. The second-order valence-electron chi connectivity index (χ2n) is 5.10. The van der Waals surface area contributed by atoms with Gasteiger partial charge >= 0.3 is 5.97 Å². The molecule has 0 fully saturated rings. The van der Waals surface area contributed by atoms with Crippen LogP contribution in [0, 0.1) is 0 Å². The Kier molecular flexibility index (Phi) is 5.33. The molecule has 0 bridgehead atoms. The molecule has 1 N–H and O–H groups in total. The number of thiophene rings is 1. The molecule has 0 aliphatic carbocycles. The van der Waals surface area contributed by atoms with Gasteiger partial charge < -0.3 is 14.6 Å². The summed E-state index contributed by atoms with van der Waals surface area (Å²) >= 11 is 1.45. The molecule has 0 spiro atoms. The number of aryl methyl sites for hydroxylation is 1. The summed E-state index contributed by atoms with van der Waals surface area (Å²) in [5.74, 6) is -0.855. The Morgan fingerprint density at radius 1 is 1.39 bits per heavy atom. The van der Waals surface area contributed by atoms with Crippen LogP contribution in [-0.4, -0.2) is 29.3 Å². The van der Waals surface area contributed by atoms with Crippen LogP contribution in [0.5, 0.6) is 0 Å². The summed E-state index contributed by atoms with van der Waals surface area (Å²) < 4.78 is 6.28. The molecular formula is C16H18N2O4S. The molecule has 2 rings (SSSR count). The maximum atomic E-state index is 12.5. The molecule has 0 unspecified atom stereocenters. The number of carbonyl (C=O) groups excluding carboxylic acids is 3. The van der Waals surface area contributed by atoms with Crippen LogP contribution in [0.3, 0.4) is 0 Å². The van der Waals surface area contributed by atoms with E-state index in [0.717, 1.165) is 4.88 Å². The smallest absolute Gasteiger partial charge is 0.307 e. The van der Waals surface area contributed by atoms with E-state index in [1.54, 1.807) is 23.9 Å². The highest BCUT2D eigenvalue weighted by molar-refractivity contribution is 7.10. The minimum Gasteiger partial charge on any atom is -0.469 e. The number of carbonyl (C=O) groups is 3. The van der Waals surface area contributed by atoms with Gasteiger partial charge in [0, 0.05) is 23.7 Å². The van der Waals surface area contributed by atoms with Crippen molar-refractivity contribution in [3.63, 3.8) is 0 Å². The number of aromatic nitrogens is 1. The van der Waals surface area contributed by atoms with Crippen molar-refractivity contribution in [1.82, 2.24) is 9.88 Å². The quantitative estimate of drug-likeness (QED) is 0.650. The average molecular weight is 334 g/mol. The normalized spacial score (nSPS) is 11.8. The minimum absolute atomic E-state index is 0.0484. The Labute approximate surface area is 138 Å². The number of esters is 1. The van der Waals surface area contributed by atoms with Gasteiger partial charge in [0.15, 0.2) is 5.78 Å². The van der Waals surface area contributed by atoms with Crippen molar-refractivity contribution in [2.75, 3.05) is 7.11 Å². The van der Waals surface area contributed by atoms with Crippen LogP contribution in [0.4, 0.5) is 0 Å². The Balaban J connectivity index is 2.20. The lowest BCUT2D eigenvalue weighted by molar-refractivity contribution is -0.141. The monoisotopic (exact) mass is 334 g/mol. The summed E-state index contributed by atoms with van der Waals surface area (Å²) in [4.78, 5) is 36.4. The first-order valence-corrected chi connectivity index (χ1v) is 7.88. The van der Waals surface area contributed by atoms with Gasteiger partial charge in [-0.1, -0.05) is 6.07 Å². The van der Waals surface area contributed by atoms with Gasteiger partial charge in [-0.2, -0.15) is 0 Å². The van der Waals surface area contributed by atoms with Crippen LogP contribution in [0.2, 0.25) is 0 Å². The van der Waals surface area contributed by atoms with E-state index in [9.17, 15) is 14.4 Å². The Bertz CT molecular complexity index is 719. The van der Waals surface area contributed by atoms with Gasteiger partial charge in [0.05, 0.1) is 19.6 Å². The molecule has 1 atom stereocenters. The molecule has 7 heteroatoms. The lowest BCUT2D eigenvalue weighted by Crippen LogP contribution is -2.31. The lowest BCUT2D eigenvalue weighted by atomic mass is 10.1. The highest BCUT2D eigenvalue weighted by Gasteiger charge is 2.22. The molecule has 0 saturated carbocycles. The molecule has 0 aliphatic heterocycles. The van der Waals surface area contributed by atoms with Crippen LogP contribution in [0.15, 0.2) is 29.8 Å².